The summed E-state index contributed by atoms with van der Waals surface area (Å²) in [4.78, 5) is 14.7. The Balaban J connectivity index is 2.23. The van der Waals surface area contributed by atoms with E-state index in [1.807, 2.05) is 20.8 Å². The number of hydrogen-bond acceptors (Lipinski definition) is 2. The predicted octanol–water partition coefficient (Wildman–Crippen LogP) is -2.40. The van der Waals surface area contributed by atoms with Gasteiger partial charge in [0.05, 0.1) is 19.0 Å². The van der Waals surface area contributed by atoms with Crippen molar-refractivity contribution in [2.45, 2.75) is 32.7 Å². The predicted molar refractivity (Wildman–Crippen MR) is 69.3 cm³/mol. The summed E-state index contributed by atoms with van der Waals surface area (Å²) >= 11 is 0. The first-order chi connectivity index (χ1) is 8.40. The second kappa shape index (κ2) is 6.72. The quantitative estimate of drug-likeness (QED) is 0.524. The molecule has 1 aliphatic heterocycles. The average molecular weight is 254 g/mol. The summed E-state index contributed by atoms with van der Waals surface area (Å²) in [5.41, 5.74) is -0.142. The first-order valence-electron chi connectivity index (χ1n) is 6.76. The van der Waals surface area contributed by atoms with Crippen molar-refractivity contribution in [3.8, 4) is 6.07 Å². The first-order valence-corrected chi connectivity index (χ1v) is 6.76. The Morgan fingerprint density at radius 3 is 2.28 bits per heavy atom. The molecule has 1 heterocycles. The molecule has 0 radical (unpaired) electrons. The number of carbonyl (C=O) groups excluding carboxylic acids is 1. The Labute approximate surface area is 110 Å². The average Bonchev–Trinajstić information content (AvgIpc) is 2.25. The zero-order chi connectivity index (χ0) is 13.6. The van der Waals surface area contributed by atoms with E-state index in [-0.39, 0.29) is 11.4 Å². The van der Waals surface area contributed by atoms with Gasteiger partial charge in [0.1, 0.15) is 26.2 Å². The molecule has 1 saturated heterocycles. The fourth-order valence-electron chi connectivity index (χ4n) is 2.31. The van der Waals surface area contributed by atoms with E-state index in [0.717, 1.165) is 32.7 Å². The maximum atomic E-state index is 11.8. The van der Waals surface area contributed by atoms with Crippen molar-refractivity contribution in [2.75, 3.05) is 39.3 Å². The zero-order valence-corrected chi connectivity index (χ0v) is 11.8. The van der Waals surface area contributed by atoms with E-state index in [2.05, 4.69) is 11.4 Å². The van der Waals surface area contributed by atoms with Crippen LogP contribution in [0.2, 0.25) is 0 Å². The summed E-state index contributed by atoms with van der Waals surface area (Å²) in [7, 11) is 0. The van der Waals surface area contributed by atoms with Gasteiger partial charge < -0.3 is 15.1 Å². The summed E-state index contributed by atoms with van der Waals surface area (Å²) in [6.45, 7) is 11.7. The van der Waals surface area contributed by atoms with Crippen molar-refractivity contribution in [3.05, 3.63) is 0 Å². The Hall–Kier alpha value is -1.12. The highest BCUT2D eigenvalue weighted by molar-refractivity contribution is 5.77. The van der Waals surface area contributed by atoms with Gasteiger partial charge in [-0.2, -0.15) is 5.26 Å². The molecule has 18 heavy (non-hydrogen) atoms. The third-order valence-electron chi connectivity index (χ3n) is 3.18. The van der Waals surface area contributed by atoms with Gasteiger partial charge in [0, 0.05) is 5.54 Å². The highest BCUT2D eigenvalue weighted by atomic mass is 16.2. The summed E-state index contributed by atoms with van der Waals surface area (Å²) in [6, 6.07) is 2.19. The molecule has 0 aliphatic carbocycles. The van der Waals surface area contributed by atoms with Gasteiger partial charge in [0.15, 0.2) is 6.54 Å². The maximum Gasteiger partial charge on any atom is 0.275 e. The number of nitrogens with zero attached hydrogens (tertiary/aromatic N) is 1. The van der Waals surface area contributed by atoms with Gasteiger partial charge in [-0.25, -0.2) is 0 Å². The van der Waals surface area contributed by atoms with Crippen molar-refractivity contribution in [1.82, 2.24) is 5.32 Å². The second-order valence-electron chi connectivity index (χ2n) is 6.13. The molecule has 0 bridgehead atoms. The summed E-state index contributed by atoms with van der Waals surface area (Å²) < 4.78 is 0. The van der Waals surface area contributed by atoms with E-state index >= 15 is 0 Å². The lowest BCUT2D eigenvalue weighted by Gasteiger charge is -2.29. The lowest BCUT2D eigenvalue weighted by molar-refractivity contribution is -1.01. The molecular weight excluding hydrogens is 228 g/mol. The summed E-state index contributed by atoms with van der Waals surface area (Å²) in [5, 5.41) is 11.6. The Morgan fingerprint density at radius 2 is 1.78 bits per heavy atom. The summed E-state index contributed by atoms with van der Waals surface area (Å²) in [5.74, 6) is 0.137. The van der Waals surface area contributed by atoms with E-state index in [4.69, 9.17) is 5.26 Å². The number of piperazine rings is 1. The number of nitriles is 1. The van der Waals surface area contributed by atoms with Gasteiger partial charge >= 0.3 is 0 Å². The Morgan fingerprint density at radius 1 is 1.22 bits per heavy atom. The minimum atomic E-state index is -0.142. The molecule has 0 spiro atoms. The first kappa shape index (κ1) is 14.9. The Bertz CT molecular complexity index is 308. The number of amides is 1. The van der Waals surface area contributed by atoms with Crippen LogP contribution in [0.25, 0.3) is 0 Å². The van der Waals surface area contributed by atoms with Crippen LogP contribution in [0.3, 0.4) is 0 Å². The van der Waals surface area contributed by atoms with Crippen molar-refractivity contribution in [2.24, 2.45) is 0 Å². The van der Waals surface area contributed by atoms with Gasteiger partial charge in [-0.05, 0) is 20.8 Å². The standard InChI is InChI=1S/C13H24N4O/c1-13(2,3)15-12(18)11-17-9-7-16(8-10-17)6-4-5-14/h4,6-11H2,1-3H3,(H,15,18)/p+2. The second-order valence-corrected chi connectivity index (χ2v) is 6.13. The molecule has 5 heteroatoms. The van der Waals surface area contributed by atoms with Crippen LogP contribution in [0.4, 0.5) is 0 Å². The molecule has 3 N–H and O–H groups in total. The van der Waals surface area contributed by atoms with Crippen LogP contribution < -0.4 is 15.1 Å². The number of hydrogen-bond donors (Lipinski definition) is 3. The van der Waals surface area contributed by atoms with Crippen LogP contribution in [-0.4, -0.2) is 50.7 Å². The van der Waals surface area contributed by atoms with Crippen molar-refractivity contribution < 1.29 is 14.6 Å². The van der Waals surface area contributed by atoms with Crippen LogP contribution in [0.5, 0.6) is 0 Å². The SMILES string of the molecule is CC(C)(C)NC(=O)C[NH+]1CC[NH+](CCC#N)CC1. The largest absolute Gasteiger partial charge is 0.347 e. The van der Waals surface area contributed by atoms with Crippen LogP contribution in [-0.2, 0) is 4.79 Å². The molecule has 0 atom stereocenters. The molecule has 0 aromatic carbocycles. The van der Waals surface area contributed by atoms with Gasteiger partial charge in [0.25, 0.3) is 5.91 Å². The molecule has 0 aromatic heterocycles. The van der Waals surface area contributed by atoms with E-state index in [1.165, 1.54) is 9.80 Å². The van der Waals surface area contributed by atoms with Gasteiger partial charge in [-0.15, -0.1) is 0 Å². The molecule has 5 nitrogen and oxygen atoms in total. The van der Waals surface area contributed by atoms with E-state index < -0.39 is 0 Å². The van der Waals surface area contributed by atoms with E-state index in [1.54, 1.807) is 0 Å². The van der Waals surface area contributed by atoms with Crippen LogP contribution in [0.15, 0.2) is 0 Å². The highest BCUT2D eigenvalue weighted by Gasteiger charge is 2.25. The van der Waals surface area contributed by atoms with Gasteiger partial charge in [-0.3, -0.25) is 4.79 Å². The molecular formula is C13H26N4O+2. The smallest absolute Gasteiger partial charge is 0.275 e. The number of rotatable bonds is 4. The number of quaternary nitrogens is 2. The monoisotopic (exact) mass is 254 g/mol. The molecule has 0 saturated carbocycles. The van der Waals surface area contributed by atoms with E-state index in [0.29, 0.717) is 13.0 Å². The van der Waals surface area contributed by atoms with Crippen LogP contribution in [0, 0.1) is 11.3 Å². The third-order valence-corrected chi connectivity index (χ3v) is 3.18. The molecule has 1 amide bonds. The number of nitrogens with one attached hydrogen (secondary N) is 3. The van der Waals surface area contributed by atoms with Crippen LogP contribution in [0.1, 0.15) is 27.2 Å². The Kier molecular flexibility index (Phi) is 5.57. The van der Waals surface area contributed by atoms with Crippen molar-refractivity contribution >= 4 is 5.91 Å². The zero-order valence-electron chi connectivity index (χ0n) is 11.8. The fourth-order valence-corrected chi connectivity index (χ4v) is 2.31. The van der Waals surface area contributed by atoms with Gasteiger partial charge in [-0.1, -0.05) is 0 Å². The molecule has 1 rings (SSSR count). The molecule has 102 valence electrons. The number of carbonyl (C=O) groups is 1. The third kappa shape index (κ3) is 5.99. The minimum Gasteiger partial charge on any atom is -0.347 e. The highest BCUT2D eigenvalue weighted by Crippen LogP contribution is 1.96. The topological polar surface area (TPSA) is 61.8 Å². The lowest BCUT2D eigenvalue weighted by Crippen LogP contribution is -3.28. The molecule has 0 aromatic rings. The molecule has 1 fully saturated rings. The summed E-state index contributed by atoms with van der Waals surface area (Å²) in [6.07, 6.45) is 0.634. The maximum absolute atomic E-state index is 11.8. The normalized spacial score (nSPS) is 24.3. The lowest BCUT2D eigenvalue weighted by atomic mass is 10.1. The molecule has 1 aliphatic rings. The van der Waals surface area contributed by atoms with Crippen molar-refractivity contribution in [1.29, 1.82) is 5.26 Å². The van der Waals surface area contributed by atoms with Crippen LogP contribution >= 0.6 is 0 Å². The van der Waals surface area contributed by atoms with Gasteiger partial charge in [0.2, 0.25) is 0 Å². The van der Waals surface area contributed by atoms with E-state index in [9.17, 15) is 4.79 Å². The fraction of sp³-hybridized carbons (Fsp3) is 0.846. The molecule has 0 unspecified atom stereocenters. The van der Waals surface area contributed by atoms with Crippen molar-refractivity contribution in [3.63, 3.8) is 0 Å². The minimum absolute atomic E-state index is 0.137.